The summed E-state index contributed by atoms with van der Waals surface area (Å²) in [6.45, 7) is 1.65. The van der Waals surface area contributed by atoms with E-state index in [-0.39, 0.29) is 5.69 Å². The van der Waals surface area contributed by atoms with Gasteiger partial charge in [-0.15, -0.1) is 0 Å². The summed E-state index contributed by atoms with van der Waals surface area (Å²) < 4.78 is 10.8. The molecule has 1 heterocycles. The Morgan fingerprint density at radius 2 is 2.25 bits per heavy atom. The van der Waals surface area contributed by atoms with Gasteiger partial charge in [0.05, 0.1) is 24.7 Å². The summed E-state index contributed by atoms with van der Waals surface area (Å²) in [5, 5.41) is 14.2. The van der Waals surface area contributed by atoms with E-state index < -0.39 is 4.92 Å². The highest BCUT2D eigenvalue weighted by Crippen LogP contribution is 2.31. The molecule has 2 rings (SSSR count). The lowest BCUT2D eigenvalue weighted by atomic mass is 10.0. The lowest BCUT2D eigenvalue weighted by Crippen LogP contribution is -2.35. The van der Waals surface area contributed by atoms with Crippen LogP contribution in [0.3, 0.4) is 0 Å². The molecule has 1 aliphatic rings. The molecule has 1 fully saturated rings. The fourth-order valence-corrected chi connectivity index (χ4v) is 2.37. The molecule has 6 nitrogen and oxygen atoms in total. The van der Waals surface area contributed by atoms with Gasteiger partial charge in [0.15, 0.2) is 11.5 Å². The SMILES string of the molecule is COc1cc([N+](=O)[O-])ccc1OCCC1CCCCN1. The summed E-state index contributed by atoms with van der Waals surface area (Å²) in [6.07, 6.45) is 4.62. The summed E-state index contributed by atoms with van der Waals surface area (Å²) in [4.78, 5) is 10.3. The Kier molecular flexibility index (Phi) is 5.17. The Hall–Kier alpha value is -1.82. The van der Waals surface area contributed by atoms with Crippen LogP contribution in [0.1, 0.15) is 25.7 Å². The van der Waals surface area contributed by atoms with Crippen LogP contribution in [-0.4, -0.2) is 31.2 Å². The zero-order valence-corrected chi connectivity index (χ0v) is 11.6. The lowest BCUT2D eigenvalue weighted by Gasteiger charge is -2.23. The predicted octanol–water partition coefficient (Wildman–Crippen LogP) is 2.51. The Morgan fingerprint density at radius 1 is 1.40 bits per heavy atom. The molecule has 0 aliphatic carbocycles. The van der Waals surface area contributed by atoms with Crippen LogP contribution in [0.5, 0.6) is 11.5 Å². The van der Waals surface area contributed by atoms with E-state index in [0.29, 0.717) is 24.1 Å². The first-order valence-electron chi connectivity index (χ1n) is 6.89. The maximum absolute atomic E-state index is 10.7. The average molecular weight is 280 g/mol. The smallest absolute Gasteiger partial charge is 0.273 e. The second-order valence-electron chi connectivity index (χ2n) is 4.88. The highest BCUT2D eigenvalue weighted by Gasteiger charge is 2.14. The van der Waals surface area contributed by atoms with Crippen molar-refractivity contribution >= 4 is 5.69 Å². The third-order valence-corrected chi connectivity index (χ3v) is 3.49. The van der Waals surface area contributed by atoms with Gasteiger partial charge in [0, 0.05) is 12.1 Å². The van der Waals surface area contributed by atoms with Crippen molar-refractivity contribution in [1.82, 2.24) is 5.32 Å². The molecular weight excluding hydrogens is 260 g/mol. The van der Waals surface area contributed by atoms with Gasteiger partial charge >= 0.3 is 0 Å². The van der Waals surface area contributed by atoms with E-state index in [0.717, 1.165) is 13.0 Å². The lowest BCUT2D eigenvalue weighted by molar-refractivity contribution is -0.384. The molecule has 1 atom stereocenters. The molecule has 1 N–H and O–H groups in total. The maximum Gasteiger partial charge on any atom is 0.273 e. The second kappa shape index (κ2) is 7.09. The number of nitro benzene ring substituents is 1. The van der Waals surface area contributed by atoms with Crippen molar-refractivity contribution in [2.24, 2.45) is 0 Å². The predicted molar refractivity (Wildman–Crippen MR) is 75.4 cm³/mol. The van der Waals surface area contributed by atoms with E-state index in [1.54, 1.807) is 6.07 Å². The Labute approximate surface area is 118 Å². The molecule has 110 valence electrons. The molecule has 0 spiro atoms. The third kappa shape index (κ3) is 3.84. The van der Waals surface area contributed by atoms with Crippen LogP contribution in [0.15, 0.2) is 18.2 Å². The van der Waals surface area contributed by atoms with E-state index in [4.69, 9.17) is 9.47 Å². The van der Waals surface area contributed by atoms with Crippen LogP contribution < -0.4 is 14.8 Å². The quantitative estimate of drug-likeness (QED) is 0.640. The van der Waals surface area contributed by atoms with Crippen LogP contribution in [0.4, 0.5) is 5.69 Å². The molecule has 1 unspecified atom stereocenters. The van der Waals surface area contributed by atoms with Gasteiger partial charge in [-0.3, -0.25) is 10.1 Å². The van der Waals surface area contributed by atoms with Crippen molar-refractivity contribution < 1.29 is 14.4 Å². The number of rotatable bonds is 6. The van der Waals surface area contributed by atoms with Crippen LogP contribution in [-0.2, 0) is 0 Å². The molecule has 0 radical (unpaired) electrons. The molecule has 0 saturated carbocycles. The molecule has 1 aliphatic heterocycles. The van der Waals surface area contributed by atoms with Crippen LogP contribution in [0, 0.1) is 10.1 Å². The minimum atomic E-state index is -0.446. The van der Waals surface area contributed by atoms with E-state index in [2.05, 4.69) is 5.32 Å². The van der Waals surface area contributed by atoms with E-state index in [1.807, 2.05) is 0 Å². The van der Waals surface area contributed by atoms with Crippen molar-refractivity contribution in [3.8, 4) is 11.5 Å². The Bertz CT molecular complexity index is 458. The number of methoxy groups -OCH3 is 1. The summed E-state index contributed by atoms with van der Waals surface area (Å²) in [5.74, 6) is 0.949. The van der Waals surface area contributed by atoms with Gasteiger partial charge in [-0.1, -0.05) is 6.42 Å². The fraction of sp³-hybridized carbons (Fsp3) is 0.571. The minimum absolute atomic E-state index is 0.00291. The Morgan fingerprint density at radius 3 is 2.90 bits per heavy atom. The average Bonchev–Trinajstić information content (AvgIpc) is 2.48. The van der Waals surface area contributed by atoms with Crippen molar-refractivity contribution in [3.05, 3.63) is 28.3 Å². The molecule has 6 heteroatoms. The van der Waals surface area contributed by atoms with Crippen molar-refractivity contribution in [1.29, 1.82) is 0 Å². The topological polar surface area (TPSA) is 73.6 Å². The van der Waals surface area contributed by atoms with Gasteiger partial charge < -0.3 is 14.8 Å². The fourth-order valence-electron chi connectivity index (χ4n) is 2.37. The van der Waals surface area contributed by atoms with Crippen molar-refractivity contribution in [2.45, 2.75) is 31.7 Å². The summed E-state index contributed by atoms with van der Waals surface area (Å²) in [5.41, 5.74) is 0.00291. The first-order chi connectivity index (χ1) is 9.70. The van der Waals surface area contributed by atoms with Crippen molar-refractivity contribution in [2.75, 3.05) is 20.3 Å². The van der Waals surface area contributed by atoms with Crippen LogP contribution >= 0.6 is 0 Å². The highest BCUT2D eigenvalue weighted by atomic mass is 16.6. The number of non-ortho nitro benzene ring substituents is 1. The first-order valence-corrected chi connectivity index (χ1v) is 6.89. The van der Waals surface area contributed by atoms with Crippen molar-refractivity contribution in [3.63, 3.8) is 0 Å². The monoisotopic (exact) mass is 280 g/mol. The molecule has 0 bridgehead atoms. The summed E-state index contributed by atoms with van der Waals surface area (Å²) >= 11 is 0. The highest BCUT2D eigenvalue weighted by molar-refractivity contribution is 5.48. The van der Waals surface area contributed by atoms with Gasteiger partial charge in [0.25, 0.3) is 5.69 Å². The van der Waals surface area contributed by atoms with E-state index in [1.165, 1.54) is 38.5 Å². The summed E-state index contributed by atoms with van der Waals surface area (Å²) in [6, 6.07) is 4.91. The zero-order valence-electron chi connectivity index (χ0n) is 11.6. The first kappa shape index (κ1) is 14.6. The maximum atomic E-state index is 10.7. The van der Waals surface area contributed by atoms with E-state index >= 15 is 0 Å². The molecule has 20 heavy (non-hydrogen) atoms. The molecule has 1 aromatic rings. The summed E-state index contributed by atoms with van der Waals surface area (Å²) in [7, 11) is 1.48. The largest absolute Gasteiger partial charge is 0.493 e. The molecule has 0 amide bonds. The number of benzene rings is 1. The number of piperidine rings is 1. The van der Waals surface area contributed by atoms with Gasteiger partial charge in [0.2, 0.25) is 0 Å². The number of hydrogen-bond donors (Lipinski definition) is 1. The zero-order chi connectivity index (χ0) is 14.4. The standard InChI is InChI=1S/C14H20N2O4/c1-19-14-10-12(16(17)18)5-6-13(14)20-9-7-11-4-2-3-8-15-11/h5-6,10-11,15H,2-4,7-9H2,1H3. The van der Waals surface area contributed by atoms with E-state index in [9.17, 15) is 10.1 Å². The van der Waals surface area contributed by atoms with Gasteiger partial charge in [-0.05, 0) is 31.9 Å². The van der Waals surface area contributed by atoms with Gasteiger partial charge in [-0.25, -0.2) is 0 Å². The van der Waals surface area contributed by atoms with Gasteiger partial charge in [0.1, 0.15) is 0 Å². The molecule has 1 aromatic carbocycles. The van der Waals surface area contributed by atoms with Crippen LogP contribution in [0.2, 0.25) is 0 Å². The molecule has 1 saturated heterocycles. The van der Waals surface area contributed by atoms with Crippen LogP contribution in [0.25, 0.3) is 0 Å². The Balaban J connectivity index is 1.89. The van der Waals surface area contributed by atoms with Gasteiger partial charge in [-0.2, -0.15) is 0 Å². The normalized spacial score (nSPS) is 18.6. The number of ether oxygens (including phenoxy) is 2. The number of nitrogens with one attached hydrogen (secondary N) is 1. The number of hydrogen-bond acceptors (Lipinski definition) is 5. The molecular formula is C14H20N2O4. The minimum Gasteiger partial charge on any atom is -0.493 e. The second-order valence-corrected chi connectivity index (χ2v) is 4.88. The number of nitrogens with zero attached hydrogens (tertiary/aromatic N) is 1. The third-order valence-electron chi connectivity index (χ3n) is 3.49. The number of nitro groups is 1. The molecule has 0 aromatic heterocycles.